The predicted octanol–water partition coefficient (Wildman–Crippen LogP) is 4.10. The maximum Gasteiger partial charge on any atom is 0.139 e. The van der Waals surface area contributed by atoms with Crippen LogP contribution in [0.5, 0.6) is 0 Å². The molecular formula is C10H4BrClN2S. The van der Waals surface area contributed by atoms with Crippen molar-refractivity contribution >= 4 is 38.9 Å². The molecule has 1 aromatic heterocycles. The largest absolute Gasteiger partial charge is 0.228 e. The molecule has 0 amide bonds. The second-order valence-electron chi connectivity index (χ2n) is 2.76. The second-order valence-corrected chi connectivity index (χ2v) is 4.94. The Hall–Kier alpha value is -0.890. The van der Waals surface area contributed by atoms with E-state index in [2.05, 4.69) is 27.0 Å². The van der Waals surface area contributed by atoms with Gasteiger partial charge in [0.2, 0.25) is 0 Å². The van der Waals surface area contributed by atoms with E-state index in [1.807, 2.05) is 12.1 Å². The van der Waals surface area contributed by atoms with Crippen LogP contribution < -0.4 is 0 Å². The predicted molar refractivity (Wildman–Crippen MR) is 65.0 cm³/mol. The monoisotopic (exact) mass is 298 g/mol. The fraction of sp³-hybridized carbons (Fsp3) is 0. The van der Waals surface area contributed by atoms with E-state index in [1.165, 1.54) is 11.3 Å². The SMILES string of the molecule is N#Cc1sc(-c2ccc(Cl)cc2)nc1Br. The van der Waals surface area contributed by atoms with Gasteiger partial charge in [-0.05, 0) is 28.1 Å². The van der Waals surface area contributed by atoms with E-state index < -0.39 is 0 Å². The van der Waals surface area contributed by atoms with E-state index in [-0.39, 0.29) is 0 Å². The lowest BCUT2D eigenvalue weighted by molar-refractivity contribution is 1.34. The molecule has 74 valence electrons. The summed E-state index contributed by atoms with van der Waals surface area (Å²) in [6, 6.07) is 9.45. The molecule has 5 heteroatoms. The molecule has 2 rings (SSSR count). The standard InChI is InChI=1S/C10H4BrClN2S/c11-9-8(5-13)15-10(14-9)6-1-3-7(12)4-2-6/h1-4H. The minimum Gasteiger partial charge on any atom is -0.228 e. The quantitative estimate of drug-likeness (QED) is 0.795. The smallest absolute Gasteiger partial charge is 0.139 e. The van der Waals surface area contributed by atoms with Gasteiger partial charge in [-0.1, -0.05) is 23.7 Å². The van der Waals surface area contributed by atoms with Crippen molar-refractivity contribution in [2.75, 3.05) is 0 Å². The molecule has 1 aromatic carbocycles. The fourth-order valence-electron chi connectivity index (χ4n) is 1.09. The molecule has 0 spiro atoms. The van der Waals surface area contributed by atoms with Crippen LogP contribution in [-0.4, -0.2) is 4.98 Å². The van der Waals surface area contributed by atoms with E-state index in [1.54, 1.807) is 12.1 Å². The number of nitriles is 1. The number of rotatable bonds is 1. The molecular weight excluding hydrogens is 296 g/mol. The average molecular weight is 300 g/mol. The highest BCUT2D eigenvalue weighted by Gasteiger charge is 2.09. The van der Waals surface area contributed by atoms with Crippen LogP contribution in [0, 0.1) is 11.3 Å². The van der Waals surface area contributed by atoms with Crippen molar-refractivity contribution in [3.05, 3.63) is 38.8 Å². The van der Waals surface area contributed by atoms with Gasteiger partial charge in [-0.3, -0.25) is 0 Å². The summed E-state index contributed by atoms with van der Waals surface area (Å²) >= 11 is 10.4. The van der Waals surface area contributed by atoms with Crippen LogP contribution in [0.1, 0.15) is 4.88 Å². The lowest BCUT2D eigenvalue weighted by atomic mass is 10.2. The van der Waals surface area contributed by atoms with Crippen LogP contribution in [0.15, 0.2) is 28.9 Å². The van der Waals surface area contributed by atoms with Gasteiger partial charge in [-0.2, -0.15) is 5.26 Å². The number of aromatic nitrogens is 1. The van der Waals surface area contributed by atoms with Gasteiger partial charge in [-0.15, -0.1) is 11.3 Å². The van der Waals surface area contributed by atoms with E-state index in [0.29, 0.717) is 14.5 Å². The lowest BCUT2D eigenvalue weighted by Gasteiger charge is -1.94. The molecule has 0 unspecified atom stereocenters. The molecule has 0 aliphatic rings. The molecule has 0 N–H and O–H groups in total. The fourth-order valence-corrected chi connectivity index (χ4v) is 2.60. The summed E-state index contributed by atoms with van der Waals surface area (Å²) in [7, 11) is 0. The van der Waals surface area contributed by atoms with Gasteiger partial charge in [0.1, 0.15) is 20.6 Å². The van der Waals surface area contributed by atoms with Crippen LogP contribution >= 0.6 is 38.9 Å². The first kappa shape index (κ1) is 10.6. The molecule has 0 radical (unpaired) electrons. The van der Waals surface area contributed by atoms with Crippen molar-refractivity contribution < 1.29 is 0 Å². The minimum atomic E-state index is 0.583. The van der Waals surface area contributed by atoms with Gasteiger partial charge in [0.25, 0.3) is 0 Å². The highest BCUT2D eigenvalue weighted by Crippen LogP contribution is 2.30. The number of benzene rings is 1. The van der Waals surface area contributed by atoms with Gasteiger partial charge in [0, 0.05) is 10.6 Å². The Morgan fingerprint density at radius 2 is 2.00 bits per heavy atom. The van der Waals surface area contributed by atoms with E-state index in [4.69, 9.17) is 16.9 Å². The summed E-state index contributed by atoms with van der Waals surface area (Å²) in [6.45, 7) is 0. The molecule has 1 heterocycles. The van der Waals surface area contributed by atoms with Gasteiger partial charge >= 0.3 is 0 Å². The Kier molecular flexibility index (Phi) is 3.06. The number of hydrogen-bond acceptors (Lipinski definition) is 3. The number of hydrogen-bond donors (Lipinski definition) is 0. The number of thiazole rings is 1. The first-order chi connectivity index (χ1) is 7.20. The Bertz CT molecular complexity index is 527. The van der Waals surface area contributed by atoms with Crippen LogP contribution in [0.2, 0.25) is 5.02 Å². The van der Waals surface area contributed by atoms with Crippen LogP contribution in [0.25, 0.3) is 10.6 Å². The summed E-state index contributed by atoms with van der Waals surface area (Å²) in [5, 5.41) is 10.3. The van der Waals surface area contributed by atoms with Gasteiger partial charge in [-0.25, -0.2) is 4.98 Å². The molecule has 0 aliphatic heterocycles. The summed E-state index contributed by atoms with van der Waals surface area (Å²) in [6.07, 6.45) is 0. The van der Waals surface area contributed by atoms with Gasteiger partial charge in [0.15, 0.2) is 0 Å². The molecule has 0 atom stereocenters. The third-order valence-electron chi connectivity index (χ3n) is 1.78. The first-order valence-corrected chi connectivity index (χ1v) is 6.02. The third kappa shape index (κ3) is 2.20. The maximum absolute atomic E-state index is 8.79. The topological polar surface area (TPSA) is 36.7 Å². The molecule has 15 heavy (non-hydrogen) atoms. The Labute approximate surface area is 104 Å². The molecule has 2 nitrogen and oxygen atoms in total. The molecule has 0 bridgehead atoms. The maximum atomic E-state index is 8.79. The van der Waals surface area contributed by atoms with E-state index in [9.17, 15) is 0 Å². The van der Waals surface area contributed by atoms with Crippen molar-refractivity contribution in [2.24, 2.45) is 0 Å². The third-order valence-corrected chi connectivity index (χ3v) is 3.88. The summed E-state index contributed by atoms with van der Waals surface area (Å²) in [5.41, 5.74) is 0.964. The summed E-state index contributed by atoms with van der Waals surface area (Å²) in [5.74, 6) is 0. The Morgan fingerprint density at radius 1 is 1.33 bits per heavy atom. The van der Waals surface area contributed by atoms with Crippen LogP contribution in [0.4, 0.5) is 0 Å². The molecule has 0 saturated heterocycles. The van der Waals surface area contributed by atoms with E-state index in [0.717, 1.165) is 10.6 Å². The van der Waals surface area contributed by atoms with Gasteiger partial charge < -0.3 is 0 Å². The van der Waals surface area contributed by atoms with E-state index >= 15 is 0 Å². The highest BCUT2D eigenvalue weighted by atomic mass is 79.9. The molecule has 0 aliphatic carbocycles. The first-order valence-electron chi connectivity index (χ1n) is 4.03. The van der Waals surface area contributed by atoms with Crippen LogP contribution in [0.3, 0.4) is 0 Å². The molecule has 2 aromatic rings. The average Bonchev–Trinajstić information content (AvgIpc) is 2.61. The van der Waals surface area contributed by atoms with Crippen molar-refractivity contribution in [3.63, 3.8) is 0 Å². The van der Waals surface area contributed by atoms with Crippen molar-refractivity contribution in [1.29, 1.82) is 5.26 Å². The lowest BCUT2D eigenvalue weighted by Crippen LogP contribution is -1.74. The number of halogens is 2. The zero-order valence-electron chi connectivity index (χ0n) is 7.37. The Balaban J connectivity index is 2.46. The van der Waals surface area contributed by atoms with Crippen molar-refractivity contribution in [1.82, 2.24) is 4.98 Å². The second kappa shape index (κ2) is 4.31. The molecule has 0 fully saturated rings. The molecule has 0 saturated carbocycles. The Morgan fingerprint density at radius 3 is 2.53 bits per heavy atom. The van der Waals surface area contributed by atoms with Crippen molar-refractivity contribution in [3.8, 4) is 16.6 Å². The van der Waals surface area contributed by atoms with Crippen LogP contribution in [-0.2, 0) is 0 Å². The van der Waals surface area contributed by atoms with Gasteiger partial charge in [0.05, 0.1) is 0 Å². The summed E-state index contributed by atoms with van der Waals surface area (Å²) in [4.78, 5) is 4.83. The van der Waals surface area contributed by atoms with Crippen molar-refractivity contribution in [2.45, 2.75) is 0 Å². The normalized spacial score (nSPS) is 9.93. The highest BCUT2D eigenvalue weighted by molar-refractivity contribution is 9.10. The number of nitrogens with zero attached hydrogens (tertiary/aromatic N) is 2. The zero-order chi connectivity index (χ0) is 10.8. The minimum absolute atomic E-state index is 0.583. The summed E-state index contributed by atoms with van der Waals surface area (Å²) < 4.78 is 0.597. The zero-order valence-corrected chi connectivity index (χ0v) is 10.5.